The van der Waals surface area contributed by atoms with E-state index in [1.165, 1.54) is 10.8 Å². The predicted molar refractivity (Wildman–Crippen MR) is 261 cm³/mol. The van der Waals surface area contributed by atoms with Gasteiger partial charge in [-0.2, -0.15) is 15.0 Å². The molecular formula is C56H37N7. The SMILES string of the molecule is C=C(/C=C\C)c1nc(-n2c3ccccc3c3ccc4c5ccccc5n(-c5ccccc5)c4c32)nc(-n2c3ccccc3c3ccc4c5ccccc5n(-c5ccccc5)c4c32)n1. The summed E-state index contributed by atoms with van der Waals surface area (Å²) < 4.78 is 9.26. The quantitative estimate of drug-likeness (QED) is 0.157. The molecule has 0 saturated heterocycles. The summed E-state index contributed by atoms with van der Waals surface area (Å²) in [5.74, 6) is 1.51. The van der Waals surface area contributed by atoms with E-state index in [-0.39, 0.29) is 0 Å². The monoisotopic (exact) mass is 807 g/mol. The van der Waals surface area contributed by atoms with Gasteiger partial charge in [-0.25, -0.2) is 0 Å². The summed E-state index contributed by atoms with van der Waals surface area (Å²) in [6.45, 7) is 6.50. The van der Waals surface area contributed by atoms with E-state index in [0.29, 0.717) is 23.3 Å². The third-order valence-corrected chi connectivity index (χ3v) is 12.6. The second-order valence-corrected chi connectivity index (χ2v) is 16.1. The molecule has 296 valence electrons. The average Bonchev–Trinajstić information content (AvgIpc) is 4.07. The molecule has 13 rings (SSSR count). The van der Waals surface area contributed by atoms with Gasteiger partial charge in [0.15, 0.2) is 5.82 Å². The summed E-state index contributed by atoms with van der Waals surface area (Å²) in [6.07, 6.45) is 3.95. The minimum absolute atomic E-state index is 0.497. The number of allylic oxidation sites excluding steroid dienone is 3. The molecule has 13 aromatic rings. The van der Waals surface area contributed by atoms with Gasteiger partial charge < -0.3 is 9.13 Å². The molecule has 0 atom stereocenters. The molecule has 5 heterocycles. The molecule has 0 bridgehead atoms. The van der Waals surface area contributed by atoms with Crippen molar-refractivity contribution in [1.29, 1.82) is 0 Å². The van der Waals surface area contributed by atoms with Gasteiger partial charge in [-0.1, -0.05) is 152 Å². The largest absolute Gasteiger partial charge is 0.307 e. The fourth-order valence-corrected chi connectivity index (χ4v) is 10.1. The number of benzene rings is 8. The van der Waals surface area contributed by atoms with Gasteiger partial charge in [-0.15, -0.1) is 0 Å². The van der Waals surface area contributed by atoms with E-state index in [4.69, 9.17) is 15.0 Å². The topological polar surface area (TPSA) is 58.4 Å². The Morgan fingerprint density at radius 3 is 1.05 bits per heavy atom. The van der Waals surface area contributed by atoms with Gasteiger partial charge in [-0.05, 0) is 55.5 Å². The van der Waals surface area contributed by atoms with Crippen LogP contribution in [0.15, 0.2) is 201 Å². The van der Waals surface area contributed by atoms with Crippen LogP contribution in [0.4, 0.5) is 0 Å². The zero-order valence-corrected chi connectivity index (χ0v) is 34.3. The molecule has 8 aromatic carbocycles. The maximum atomic E-state index is 5.61. The van der Waals surface area contributed by atoms with Crippen molar-refractivity contribution >= 4 is 92.8 Å². The Balaban J connectivity index is 1.21. The molecule has 7 nitrogen and oxygen atoms in total. The van der Waals surface area contributed by atoms with Crippen LogP contribution in [0.3, 0.4) is 0 Å². The van der Waals surface area contributed by atoms with E-state index in [1.54, 1.807) is 0 Å². The van der Waals surface area contributed by atoms with Gasteiger partial charge in [0, 0.05) is 60.0 Å². The van der Waals surface area contributed by atoms with Crippen molar-refractivity contribution in [2.24, 2.45) is 0 Å². The number of aromatic nitrogens is 7. The number of para-hydroxylation sites is 6. The molecule has 0 unspecified atom stereocenters. The minimum Gasteiger partial charge on any atom is -0.307 e. The highest BCUT2D eigenvalue weighted by Crippen LogP contribution is 2.43. The number of hydrogen-bond donors (Lipinski definition) is 0. The van der Waals surface area contributed by atoms with Crippen LogP contribution in [-0.2, 0) is 0 Å². The van der Waals surface area contributed by atoms with Gasteiger partial charge in [0.2, 0.25) is 11.9 Å². The Kier molecular flexibility index (Phi) is 7.54. The molecule has 0 radical (unpaired) electrons. The van der Waals surface area contributed by atoms with E-state index in [2.05, 4.69) is 207 Å². The lowest BCUT2D eigenvalue weighted by atomic mass is 10.1. The molecule has 0 fully saturated rings. The molecule has 0 saturated carbocycles. The van der Waals surface area contributed by atoms with Crippen molar-refractivity contribution in [2.75, 3.05) is 0 Å². The zero-order valence-electron chi connectivity index (χ0n) is 34.3. The maximum Gasteiger partial charge on any atom is 0.240 e. The minimum atomic E-state index is 0.497. The normalized spacial score (nSPS) is 12.2. The fourth-order valence-electron chi connectivity index (χ4n) is 10.1. The van der Waals surface area contributed by atoms with Crippen molar-refractivity contribution in [3.8, 4) is 23.3 Å². The van der Waals surface area contributed by atoms with Crippen LogP contribution in [0.25, 0.3) is 116 Å². The second kappa shape index (κ2) is 13.5. The number of nitrogens with zero attached hydrogens (tertiary/aromatic N) is 7. The third-order valence-electron chi connectivity index (χ3n) is 12.6. The molecule has 0 N–H and O–H groups in total. The van der Waals surface area contributed by atoms with E-state index in [1.807, 2.05) is 19.1 Å². The highest BCUT2D eigenvalue weighted by molar-refractivity contribution is 6.25. The molecular weight excluding hydrogens is 771 g/mol. The lowest BCUT2D eigenvalue weighted by Crippen LogP contribution is -2.12. The summed E-state index contributed by atoms with van der Waals surface area (Å²) in [5.41, 5.74) is 11.3. The van der Waals surface area contributed by atoms with Gasteiger partial charge in [0.05, 0.1) is 44.1 Å². The predicted octanol–water partition coefficient (Wildman–Crippen LogP) is 13.8. The number of fused-ring (bicyclic) bond motifs is 14. The second-order valence-electron chi connectivity index (χ2n) is 16.1. The van der Waals surface area contributed by atoms with Crippen LogP contribution in [0.1, 0.15) is 12.7 Å². The van der Waals surface area contributed by atoms with Crippen molar-refractivity contribution in [3.05, 3.63) is 207 Å². The smallest absolute Gasteiger partial charge is 0.240 e. The third kappa shape index (κ3) is 4.99. The lowest BCUT2D eigenvalue weighted by Gasteiger charge is -2.15. The van der Waals surface area contributed by atoms with Crippen LogP contribution in [-0.4, -0.2) is 33.2 Å². The molecule has 5 aromatic heterocycles. The highest BCUT2D eigenvalue weighted by atomic mass is 15.3. The van der Waals surface area contributed by atoms with Crippen LogP contribution >= 0.6 is 0 Å². The van der Waals surface area contributed by atoms with Gasteiger partial charge in [0.1, 0.15) is 0 Å². The first-order chi connectivity index (χ1) is 31.2. The summed E-state index contributed by atoms with van der Waals surface area (Å²) >= 11 is 0. The van der Waals surface area contributed by atoms with E-state index >= 15 is 0 Å². The molecule has 7 heteroatoms. The van der Waals surface area contributed by atoms with E-state index in [9.17, 15) is 0 Å². The van der Waals surface area contributed by atoms with E-state index in [0.717, 1.165) is 87.8 Å². The van der Waals surface area contributed by atoms with E-state index < -0.39 is 0 Å². The standard InChI is InChI=1S/C56H37N7/c1-3-18-35(2)54-57-55(62-48-29-16-12-25-40(48)44-33-31-42-38-23-10-14-27-46(38)60(50(42)52(44)62)36-19-6-4-7-20-36)59-56(58-54)63-49-30-17-13-26-41(49)45-34-32-43-39-24-11-15-28-47(39)61(51(43)53(45)63)37-21-8-5-9-22-37/h3-34H,2H2,1H3/b18-3-. The summed E-state index contributed by atoms with van der Waals surface area (Å²) in [4.78, 5) is 16.3. The molecule has 0 amide bonds. The first-order valence-corrected chi connectivity index (χ1v) is 21.3. The first kappa shape index (κ1) is 35.2. The fraction of sp³-hybridized carbons (Fsp3) is 0.0179. The Bertz CT molecular complexity index is 3800. The summed E-state index contributed by atoms with van der Waals surface area (Å²) in [5, 5.41) is 9.10. The average molecular weight is 808 g/mol. The Labute approximate surface area is 361 Å². The summed E-state index contributed by atoms with van der Waals surface area (Å²) in [6, 6.07) is 64.7. The number of rotatable bonds is 6. The lowest BCUT2D eigenvalue weighted by molar-refractivity contribution is 0.875. The molecule has 63 heavy (non-hydrogen) atoms. The Morgan fingerprint density at radius 2 is 0.683 bits per heavy atom. The highest BCUT2D eigenvalue weighted by Gasteiger charge is 2.26. The maximum absolute atomic E-state index is 5.61. The Morgan fingerprint density at radius 1 is 0.365 bits per heavy atom. The molecule has 0 aliphatic rings. The van der Waals surface area contributed by atoms with Crippen LogP contribution in [0, 0.1) is 0 Å². The van der Waals surface area contributed by atoms with Gasteiger partial charge in [0.25, 0.3) is 0 Å². The van der Waals surface area contributed by atoms with Gasteiger partial charge in [-0.3, -0.25) is 9.13 Å². The van der Waals surface area contributed by atoms with Crippen LogP contribution in [0.5, 0.6) is 0 Å². The van der Waals surface area contributed by atoms with Gasteiger partial charge >= 0.3 is 0 Å². The van der Waals surface area contributed by atoms with Crippen molar-refractivity contribution < 1.29 is 0 Å². The molecule has 0 spiro atoms. The zero-order chi connectivity index (χ0) is 41.8. The number of hydrogen-bond acceptors (Lipinski definition) is 3. The van der Waals surface area contributed by atoms with Crippen molar-refractivity contribution in [3.63, 3.8) is 0 Å². The first-order valence-electron chi connectivity index (χ1n) is 21.3. The van der Waals surface area contributed by atoms with Crippen molar-refractivity contribution in [2.45, 2.75) is 6.92 Å². The van der Waals surface area contributed by atoms with Crippen LogP contribution in [0.2, 0.25) is 0 Å². The Hall–Kier alpha value is -8.55. The summed E-state index contributed by atoms with van der Waals surface area (Å²) in [7, 11) is 0. The van der Waals surface area contributed by atoms with Crippen molar-refractivity contribution in [1.82, 2.24) is 33.2 Å². The molecule has 0 aliphatic heterocycles. The molecule has 0 aliphatic carbocycles. The van der Waals surface area contributed by atoms with Crippen LogP contribution < -0.4 is 0 Å².